The van der Waals surface area contributed by atoms with Gasteiger partial charge in [-0.15, -0.1) is 0 Å². The third-order valence-corrected chi connectivity index (χ3v) is 2.86. The first-order valence-corrected chi connectivity index (χ1v) is 6.46. The van der Waals surface area contributed by atoms with E-state index in [9.17, 15) is 0 Å². The number of benzene rings is 2. The Kier molecular flexibility index (Phi) is 4.79. The molecule has 0 saturated carbocycles. The van der Waals surface area contributed by atoms with Gasteiger partial charge < -0.3 is 10.1 Å². The second-order valence-corrected chi connectivity index (χ2v) is 4.22. The smallest absolute Gasteiger partial charge is 0.128 e. The predicted octanol–water partition coefficient (Wildman–Crippen LogP) is 2.35. The van der Waals surface area contributed by atoms with Gasteiger partial charge >= 0.3 is 0 Å². The van der Waals surface area contributed by atoms with E-state index in [-0.39, 0.29) is 0 Å². The fourth-order valence-corrected chi connectivity index (χ4v) is 1.98. The molecular formula is C16H20NO+. The molecule has 0 radical (unpaired) electrons. The van der Waals surface area contributed by atoms with Crippen molar-refractivity contribution in [2.24, 2.45) is 0 Å². The van der Waals surface area contributed by atoms with Crippen molar-refractivity contribution in [3.05, 3.63) is 65.7 Å². The van der Waals surface area contributed by atoms with Gasteiger partial charge in [0.2, 0.25) is 0 Å². The minimum Gasteiger partial charge on any atom is -0.493 e. The Hall–Kier alpha value is -1.80. The Bertz CT molecular complexity index is 468. The van der Waals surface area contributed by atoms with Gasteiger partial charge in [0, 0.05) is 11.1 Å². The van der Waals surface area contributed by atoms with Crippen LogP contribution in [0, 0.1) is 0 Å². The van der Waals surface area contributed by atoms with Crippen molar-refractivity contribution in [1.82, 2.24) is 0 Å². The molecule has 0 aliphatic rings. The lowest BCUT2D eigenvalue weighted by molar-refractivity contribution is -0.686. The number of nitrogens with two attached hydrogens (primary N) is 1. The zero-order valence-electron chi connectivity index (χ0n) is 10.8. The first kappa shape index (κ1) is 12.7. The maximum atomic E-state index is 5.62. The van der Waals surface area contributed by atoms with Crippen LogP contribution in [0.3, 0.4) is 0 Å². The summed E-state index contributed by atoms with van der Waals surface area (Å²) in [6, 6.07) is 18.8. The normalized spacial score (nSPS) is 10.3. The Morgan fingerprint density at radius 3 is 2.39 bits per heavy atom. The molecule has 18 heavy (non-hydrogen) atoms. The highest BCUT2D eigenvalue weighted by Crippen LogP contribution is 2.16. The summed E-state index contributed by atoms with van der Waals surface area (Å²) < 4.78 is 5.62. The summed E-state index contributed by atoms with van der Waals surface area (Å²) in [6.07, 6.45) is 0. The molecule has 2 aromatic carbocycles. The van der Waals surface area contributed by atoms with E-state index in [4.69, 9.17) is 4.74 Å². The molecule has 2 nitrogen and oxygen atoms in total. The quantitative estimate of drug-likeness (QED) is 0.826. The fourth-order valence-electron chi connectivity index (χ4n) is 1.98. The van der Waals surface area contributed by atoms with Crippen LogP contribution in [-0.4, -0.2) is 6.61 Å². The molecule has 0 aliphatic heterocycles. The van der Waals surface area contributed by atoms with Crippen LogP contribution < -0.4 is 10.1 Å². The van der Waals surface area contributed by atoms with Crippen molar-refractivity contribution >= 4 is 0 Å². The van der Waals surface area contributed by atoms with E-state index in [1.807, 2.05) is 25.1 Å². The molecule has 0 spiro atoms. The third-order valence-electron chi connectivity index (χ3n) is 2.86. The van der Waals surface area contributed by atoms with Gasteiger partial charge in [-0.3, -0.25) is 0 Å². The van der Waals surface area contributed by atoms with Crippen molar-refractivity contribution < 1.29 is 10.1 Å². The number of para-hydroxylation sites is 1. The average Bonchev–Trinajstić information content (AvgIpc) is 2.42. The van der Waals surface area contributed by atoms with Gasteiger partial charge in [0.25, 0.3) is 0 Å². The van der Waals surface area contributed by atoms with Gasteiger partial charge in [0.15, 0.2) is 0 Å². The van der Waals surface area contributed by atoms with Crippen molar-refractivity contribution in [1.29, 1.82) is 0 Å². The second kappa shape index (κ2) is 6.82. The Morgan fingerprint density at radius 1 is 0.889 bits per heavy atom. The van der Waals surface area contributed by atoms with Crippen LogP contribution in [0.25, 0.3) is 0 Å². The van der Waals surface area contributed by atoms with Crippen LogP contribution in [0.5, 0.6) is 5.75 Å². The Labute approximate surface area is 109 Å². The summed E-state index contributed by atoms with van der Waals surface area (Å²) >= 11 is 0. The molecular weight excluding hydrogens is 222 g/mol. The molecule has 0 saturated heterocycles. The summed E-state index contributed by atoms with van der Waals surface area (Å²) in [7, 11) is 0. The lowest BCUT2D eigenvalue weighted by Gasteiger charge is -2.09. The molecule has 0 unspecified atom stereocenters. The summed E-state index contributed by atoms with van der Waals surface area (Å²) in [5, 5.41) is 2.30. The van der Waals surface area contributed by atoms with Crippen molar-refractivity contribution in [3.8, 4) is 5.75 Å². The van der Waals surface area contributed by atoms with E-state index < -0.39 is 0 Å². The number of hydrogen-bond acceptors (Lipinski definition) is 1. The van der Waals surface area contributed by atoms with Crippen molar-refractivity contribution in [3.63, 3.8) is 0 Å². The molecule has 0 aromatic heterocycles. The second-order valence-electron chi connectivity index (χ2n) is 4.22. The van der Waals surface area contributed by atoms with Crippen LogP contribution >= 0.6 is 0 Å². The summed E-state index contributed by atoms with van der Waals surface area (Å²) in [5.41, 5.74) is 2.61. The first-order chi connectivity index (χ1) is 8.90. The van der Waals surface area contributed by atoms with Gasteiger partial charge in [0.1, 0.15) is 18.8 Å². The minimum absolute atomic E-state index is 0.718. The van der Waals surface area contributed by atoms with Gasteiger partial charge in [-0.25, -0.2) is 0 Å². The zero-order chi connectivity index (χ0) is 12.6. The van der Waals surface area contributed by atoms with E-state index in [1.165, 1.54) is 11.1 Å². The highest BCUT2D eigenvalue weighted by Gasteiger charge is 2.03. The van der Waals surface area contributed by atoms with Crippen molar-refractivity contribution in [2.75, 3.05) is 6.61 Å². The number of hydrogen-bond donors (Lipinski definition) is 1. The van der Waals surface area contributed by atoms with E-state index in [1.54, 1.807) is 0 Å². The maximum absolute atomic E-state index is 5.62. The van der Waals surface area contributed by atoms with Crippen LogP contribution in [0.4, 0.5) is 0 Å². The lowest BCUT2D eigenvalue weighted by atomic mass is 10.2. The molecule has 2 N–H and O–H groups in total. The molecule has 0 heterocycles. The molecule has 0 amide bonds. The van der Waals surface area contributed by atoms with E-state index in [0.29, 0.717) is 0 Å². The third kappa shape index (κ3) is 3.60. The molecule has 2 heteroatoms. The SMILES string of the molecule is CCOc1ccccc1C[NH2+]Cc1ccccc1. The van der Waals surface area contributed by atoms with Crippen LogP contribution in [0.2, 0.25) is 0 Å². The van der Waals surface area contributed by atoms with E-state index in [0.717, 1.165) is 25.4 Å². The van der Waals surface area contributed by atoms with E-state index >= 15 is 0 Å². The molecule has 0 bridgehead atoms. The monoisotopic (exact) mass is 242 g/mol. The summed E-state index contributed by atoms with van der Waals surface area (Å²) in [5.74, 6) is 1.00. The maximum Gasteiger partial charge on any atom is 0.128 e. The zero-order valence-corrected chi connectivity index (χ0v) is 10.8. The van der Waals surface area contributed by atoms with Gasteiger partial charge in [-0.05, 0) is 19.1 Å². The average molecular weight is 242 g/mol. The molecule has 94 valence electrons. The number of rotatable bonds is 6. The summed E-state index contributed by atoms with van der Waals surface area (Å²) in [4.78, 5) is 0. The minimum atomic E-state index is 0.718. The first-order valence-electron chi connectivity index (χ1n) is 6.46. The van der Waals surface area contributed by atoms with Crippen LogP contribution in [0.15, 0.2) is 54.6 Å². The fraction of sp³-hybridized carbons (Fsp3) is 0.250. The highest BCUT2D eigenvalue weighted by atomic mass is 16.5. The molecule has 0 aliphatic carbocycles. The summed E-state index contributed by atoms with van der Waals surface area (Å²) in [6.45, 7) is 4.69. The lowest BCUT2D eigenvalue weighted by Crippen LogP contribution is -2.80. The Balaban J connectivity index is 1.90. The van der Waals surface area contributed by atoms with Crippen molar-refractivity contribution in [2.45, 2.75) is 20.0 Å². The van der Waals surface area contributed by atoms with E-state index in [2.05, 4.69) is 41.7 Å². The largest absolute Gasteiger partial charge is 0.493 e. The molecule has 0 fully saturated rings. The predicted molar refractivity (Wildman–Crippen MR) is 73.4 cm³/mol. The van der Waals surface area contributed by atoms with Gasteiger partial charge in [0.05, 0.1) is 6.61 Å². The van der Waals surface area contributed by atoms with Crippen LogP contribution in [0.1, 0.15) is 18.1 Å². The molecule has 2 rings (SSSR count). The van der Waals surface area contributed by atoms with Gasteiger partial charge in [-0.1, -0.05) is 42.5 Å². The number of ether oxygens (including phenoxy) is 1. The highest BCUT2D eigenvalue weighted by molar-refractivity contribution is 5.32. The van der Waals surface area contributed by atoms with Crippen LogP contribution in [-0.2, 0) is 13.1 Å². The van der Waals surface area contributed by atoms with Gasteiger partial charge in [-0.2, -0.15) is 0 Å². The Morgan fingerprint density at radius 2 is 1.61 bits per heavy atom. The standard InChI is InChI=1S/C16H19NO/c1-2-18-16-11-7-6-10-15(16)13-17-12-14-8-4-3-5-9-14/h3-11,17H,2,12-13H2,1H3/p+1. The number of quaternary nitrogens is 1. The molecule has 2 aromatic rings. The topological polar surface area (TPSA) is 25.8 Å². The molecule has 0 atom stereocenters.